The second-order valence-electron chi connectivity index (χ2n) is 10.2. The lowest BCUT2D eigenvalue weighted by molar-refractivity contribution is -0.125. The number of nitrogens with one attached hydrogen (secondary N) is 2. The van der Waals surface area contributed by atoms with E-state index in [-0.39, 0.29) is 23.1 Å². The maximum Gasteiger partial charge on any atom is 0.332 e. The third-order valence-electron chi connectivity index (χ3n) is 7.69. The van der Waals surface area contributed by atoms with E-state index in [4.69, 9.17) is 0 Å². The molecule has 1 fully saturated rings. The first-order chi connectivity index (χ1) is 17.8. The second kappa shape index (κ2) is 8.34. The summed E-state index contributed by atoms with van der Waals surface area (Å²) < 4.78 is 0. The zero-order chi connectivity index (χ0) is 25.9. The molecule has 0 saturated carbocycles. The minimum absolute atomic E-state index is 0.262. The molecule has 1 atom stereocenters. The standard InChI is InChI=1S/C30H28N4O3/c1-18(2)19-12-14-20(15-13-19)31-27(35)23-9-5-7-11-25(23)34-28(36)30(3)26-22(16-17-33(30)29(34)37)21-8-4-6-10-24(21)32-26/h4-15,18,32H,16-17H2,1-3H3,(H,31,35). The first-order valence-electron chi connectivity index (χ1n) is 12.6. The van der Waals surface area contributed by atoms with Crippen LogP contribution >= 0.6 is 0 Å². The van der Waals surface area contributed by atoms with Gasteiger partial charge in [0.05, 0.1) is 16.9 Å². The molecule has 186 valence electrons. The van der Waals surface area contributed by atoms with Crippen LogP contribution in [0.2, 0.25) is 0 Å². The van der Waals surface area contributed by atoms with E-state index in [1.54, 1.807) is 36.1 Å². The summed E-state index contributed by atoms with van der Waals surface area (Å²) in [4.78, 5) is 47.3. The maximum absolute atomic E-state index is 14.1. The van der Waals surface area contributed by atoms with Gasteiger partial charge in [-0.1, -0.05) is 56.3 Å². The number of urea groups is 1. The number of benzene rings is 3. The molecule has 1 aromatic heterocycles. The van der Waals surface area contributed by atoms with Crippen molar-refractivity contribution in [1.82, 2.24) is 9.88 Å². The molecule has 7 nitrogen and oxygen atoms in total. The highest BCUT2D eigenvalue weighted by molar-refractivity contribution is 6.26. The number of para-hydroxylation sites is 2. The highest BCUT2D eigenvalue weighted by Crippen LogP contribution is 2.45. The fraction of sp³-hybridized carbons (Fsp3) is 0.233. The van der Waals surface area contributed by atoms with Crippen molar-refractivity contribution in [3.8, 4) is 0 Å². The van der Waals surface area contributed by atoms with Gasteiger partial charge in [0, 0.05) is 23.1 Å². The highest BCUT2D eigenvalue weighted by Gasteiger charge is 2.59. The Hall–Kier alpha value is -4.39. The molecule has 1 saturated heterocycles. The number of nitrogens with zero attached hydrogens (tertiary/aromatic N) is 2. The van der Waals surface area contributed by atoms with Crippen molar-refractivity contribution in [2.45, 2.75) is 38.6 Å². The third kappa shape index (κ3) is 3.38. The Kier molecular flexibility index (Phi) is 5.19. The van der Waals surface area contributed by atoms with E-state index in [2.05, 4.69) is 24.1 Å². The van der Waals surface area contributed by atoms with Crippen LogP contribution in [0, 0.1) is 0 Å². The molecule has 0 aliphatic carbocycles. The first-order valence-corrected chi connectivity index (χ1v) is 12.6. The fourth-order valence-corrected chi connectivity index (χ4v) is 5.61. The molecule has 1 unspecified atom stereocenters. The van der Waals surface area contributed by atoms with Crippen LogP contribution in [0.25, 0.3) is 10.9 Å². The summed E-state index contributed by atoms with van der Waals surface area (Å²) in [6.45, 7) is 6.43. The zero-order valence-corrected chi connectivity index (χ0v) is 21.0. The Labute approximate surface area is 215 Å². The Morgan fingerprint density at radius 3 is 2.43 bits per heavy atom. The first kappa shape index (κ1) is 23.0. The van der Waals surface area contributed by atoms with Crippen molar-refractivity contribution in [3.05, 3.63) is 95.2 Å². The normalized spacial score (nSPS) is 18.9. The van der Waals surface area contributed by atoms with Crippen LogP contribution in [-0.2, 0) is 16.8 Å². The third-order valence-corrected chi connectivity index (χ3v) is 7.69. The van der Waals surface area contributed by atoms with Crippen LogP contribution in [0.5, 0.6) is 0 Å². The lowest BCUT2D eigenvalue weighted by atomic mass is 9.87. The van der Waals surface area contributed by atoms with Gasteiger partial charge in [0.15, 0.2) is 5.54 Å². The molecule has 2 N–H and O–H groups in total. The number of aromatic nitrogens is 1. The van der Waals surface area contributed by atoms with Gasteiger partial charge < -0.3 is 15.2 Å². The molecule has 37 heavy (non-hydrogen) atoms. The van der Waals surface area contributed by atoms with Gasteiger partial charge in [-0.2, -0.15) is 0 Å². The van der Waals surface area contributed by atoms with E-state index in [1.165, 1.54) is 5.56 Å². The lowest BCUT2D eigenvalue weighted by Crippen LogP contribution is -2.49. The molecular weight excluding hydrogens is 464 g/mol. The molecule has 3 heterocycles. The smallest absolute Gasteiger partial charge is 0.332 e. The van der Waals surface area contributed by atoms with Gasteiger partial charge >= 0.3 is 6.03 Å². The summed E-state index contributed by atoms with van der Waals surface area (Å²) >= 11 is 0. The number of hydrogen-bond donors (Lipinski definition) is 2. The monoisotopic (exact) mass is 492 g/mol. The van der Waals surface area contributed by atoms with Crippen molar-refractivity contribution in [3.63, 3.8) is 0 Å². The number of H-pyrrole nitrogens is 1. The van der Waals surface area contributed by atoms with Crippen LogP contribution in [0.1, 0.15) is 53.9 Å². The van der Waals surface area contributed by atoms with Crippen molar-refractivity contribution in [2.24, 2.45) is 0 Å². The Bertz CT molecular complexity index is 1570. The van der Waals surface area contributed by atoms with Gasteiger partial charge in [-0.05, 0) is 60.7 Å². The minimum Gasteiger partial charge on any atom is -0.356 e. The van der Waals surface area contributed by atoms with Crippen LogP contribution in [0.15, 0.2) is 72.8 Å². The number of carbonyl (C=O) groups is 3. The van der Waals surface area contributed by atoms with Gasteiger partial charge in [-0.15, -0.1) is 0 Å². The predicted octanol–water partition coefficient (Wildman–Crippen LogP) is 5.78. The molecular formula is C30H28N4O3. The van der Waals surface area contributed by atoms with E-state index < -0.39 is 11.6 Å². The number of carbonyl (C=O) groups excluding carboxylic acids is 3. The summed E-state index contributed by atoms with van der Waals surface area (Å²) in [6.07, 6.45) is 0.649. The number of rotatable bonds is 4. The summed E-state index contributed by atoms with van der Waals surface area (Å²) in [5.74, 6) is -0.364. The van der Waals surface area contributed by atoms with Crippen LogP contribution < -0.4 is 10.2 Å². The largest absolute Gasteiger partial charge is 0.356 e. The van der Waals surface area contributed by atoms with E-state index in [1.807, 2.05) is 48.5 Å². The molecule has 6 rings (SSSR count). The second-order valence-corrected chi connectivity index (χ2v) is 10.2. The summed E-state index contributed by atoms with van der Waals surface area (Å²) in [7, 11) is 0. The molecule has 4 aromatic rings. The molecule has 2 aliphatic heterocycles. The Morgan fingerprint density at radius 2 is 1.68 bits per heavy atom. The number of fused-ring (bicyclic) bond motifs is 5. The fourth-order valence-electron chi connectivity index (χ4n) is 5.61. The maximum atomic E-state index is 14.1. The predicted molar refractivity (Wildman–Crippen MR) is 144 cm³/mol. The molecule has 2 aliphatic rings. The van der Waals surface area contributed by atoms with E-state index in [9.17, 15) is 14.4 Å². The molecule has 0 radical (unpaired) electrons. The van der Waals surface area contributed by atoms with Gasteiger partial charge in [-0.3, -0.25) is 9.59 Å². The summed E-state index contributed by atoms with van der Waals surface area (Å²) in [6, 6.07) is 22.0. The van der Waals surface area contributed by atoms with Gasteiger partial charge in [0.2, 0.25) is 0 Å². The van der Waals surface area contributed by atoms with E-state index in [0.29, 0.717) is 24.6 Å². The molecule has 3 aromatic carbocycles. The van der Waals surface area contributed by atoms with E-state index >= 15 is 0 Å². The Balaban J connectivity index is 1.37. The van der Waals surface area contributed by atoms with Crippen LogP contribution in [0.4, 0.5) is 16.2 Å². The number of anilines is 2. The average molecular weight is 493 g/mol. The van der Waals surface area contributed by atoms with Gasteiger partial charge in [0.25, 0.3) is 11.8 Å². The van der Waals surface area contributed by atoms with Crippen molar-refractivity contribution < 1.29 is 14.4 Å². The average Bonchev–Trinajstić information content (AvgIpc) is 3.38. The van der Waals surface area contributed by atoms with Gasteiger partial charge in [0.1, 0.15) is 0 Å². The lowest BCUT2D eigenvalue weighted by Gasteiger charge is -2.35. The Morgan fingerprint density at radius 1 is 0.973 bits per heavy atom. The van der Waals surface area contributed by atoms with Crippen LogP contribution in [-0.4, -0.2) is 34.3 Å². The minimum atomic E-state index is -1.18. The number of amides is 4. The molecule has 0 bridgehead atoms. The topological polar surface area (TPSA) is 85.5 Å². The van der Waals surface area contributed by atoms with E-state index in [0.717, 1.165) is 27.1 Å². The SMILES string of the molecule is CC(C)c1ccc(NC(=O)c2ccccc2N2C(=O)N3CCc4c([nH]c5ccccc45)C3(C)C2=O)cc1. The molecule has 4 amide bonds. The summed E-state index contributed by atoms with van der Waals surface area (Å²) in [5, 5.41) is 3.99. The summed E-state index contributed by atoms with van der Waals surface area (Å²) in [5.41, 5.74) is 3.93. The molecule has 7 heteroatoms. The zero-order valence-electron chi connectivity index (χ0n) is 21.0. The number of imide groups is 1. The van der Waals surface area contributed by atoms with Crippen molar-refractivity contribution in [2.75, 3.05) is 16.8 Å². The van der Waals surface area contributed by atoms with Crippen molar-refractivity contribution >= 4 is 40.1 Å². The number of aromatic amines is 1. The number of hydrogen-bond acceptors (Lipinski definition) is 3. The quantitative estimate of drug-likeness (QED) is 0.354. The molecule has 0 spiro atoms. The van der Waals surface area contributed by atoms with Gasteiger partial charge in [-0.25, -0.2) is 9.69 Å². The van der Waals surface area contributed by atoms with Crippen molar-refractivity contribution in [1.29, 1.82) is 0 Å². The highest BCUT2D eigenvalue weighted by atomic mass is 16.2. The van der Waals surface area contributed by atoms with Crippen LogP contribution in [0.3, 0.4) is 0 Å².